The van der Waals surface area contributed by atoms with E-state index in [9.17, 15) is 0 Å². The van der Waals surface area contributed by atoms with Gasteiger partial charge in [0, 0.05) is 57.8 Å². The molecule has 2 aliphatic rings. The van der Waals surface area contributed by atoms with Crippen molar-refractivity contribution in [3.8, 4) is 22.3 Å². The fraction of sp³-hybridized carbons (Fsp3) is 0.0435. The summed E-state index contributed by atoms with van der Waals surface area (Å²) < 4.78 is 15.7. The minimum absolute atomic E-state index is 0.448. The van der Waals surface area contributed by atoms with E-state index in [0.29, 0.717) is 11.2 Å². The first-order valence-electron chi connectivity index (χ1n) is 17.0. The fourth-order valence-electron chi connectivity index (χ4n) is 8.28. The molecule has 4 heterocycles. The first-order valence-corrected chi connectivity index (χ1v) is 18.7. The van der Waals surface area contributed by atoms with Crippen LogP contribution in [0.4, 0.5) is 0 Å². The molecule has 234 valence electrons. The Morgan fingerprint density at radius 1 is 0.440 bits per heavy atom. The average Bonchev–Trinajstić information content (AvgIpc) is 3.91. The maximum absolute atomic E-state index is 6.53. The van der Waals surface area contributed by atoms with Crippen LogP contribution in [-0.4, -0.2) is 5.25 Å². The maximum Gasteiger partial charge on any atom is 0.136 e. The van der Waals surface area contributed by atoms with Crippen LogP contribution in [0.5, 0.6) is 0 Å². The van der Waals surface area contributed by atoms with Crippen LogP contribution < -0.4 is 0 Å². The van der Waals surface area contributed by atoms with Gasteiger partial charge in [0.2, 0.25) is 0 Å². The van der Waals surface area contributed by atoms with Gasteiger partial charge in [-0.15, -0.1) is 23.1 Å². The van der Waals surface area contributed by atoms with Gasteiger partial charge in [0.1, 0.15) is 22.3 Å². The zero-order chi connectivity index (χ0) is 32.5. The third-order valence-corrected chi connectivity index (χ3v) is 13.3. The summed E-state index contributed by atoms with van der Waals surface area (Å²) in [7, 11) is 0. The number of thioether (sulfide) groups is 1. The van der Waals surface area contributed by atoms with E-state index in [-0.39, 0.29) is 0 Å². The van der Waals surface area contributed by atoms with E-state index >= 15 is 0 Å². The molecule has 7 aromatic carbocycles. The quantitative estimate of drug-likeness (QED) is 0.183. The molecule has 0 saturated carbocycles. The molecule has 2 unspecified atom stereocenters. The lowest BCUT2D eigenvalue weighted by Crippen LogP contribution is -2.06. The molecular formula is C46H26O2S2. The normalized spacial score (nSPS) is 17.0. The highest BCUT2D eigenvalue weighted by atomic mass is 32.2. The second-order valence-corrected chi connectivity index (χ2v) is 15.9. The van der Waals surface area contributed by atoms with Crippen LogP contribution in [0.2, 0.25) is 0 Å². The summed E-state index contributed by atoms with van der Waals surface area (Å²) in [6.45, 7) is 0. The first kappa shape index (κ1) is 27.3. The molecule has 0 amide bonds. The van der Waals surface area contributed by atoms with E-state index in [2.05, 4.69) is 146 Å². The van der Waals surface area contributed by atoms with Gasteiger partial charge >= 0.3 is 0 Å². The maximum atomic E-state index is 6.53. The predicted octanol–water partition coefficient (Wildman–Crippen LogP) is 14.0. The van der Waals surface area contributed by atoms with Crippen LogP contribution >= 0.6 is 23.1 Å². The van der Waals surface area contributed by atoms with Crippen molar-refractivity contribution in [3.05, 3.63) is 151 Å². The number of rotatable bonds is 2. The molecule has 2 nitrogen and oxygen atoms in total. The summed E-state index contributed by atoms with van der Waals surface area (Å²) in [5.74, 6) is 0.448. The summed E-state index contributed by atoms with van der Waals surface area (Å²) in [5.41, 5.74) is 9.80. The van der Waals surface area contributed by atoms with Gasteiger partial charge in [0.05, 0.1) is 0 Å². The monoisotopic (exact) mass is 674 g/mol. The molecule has 10 aromatic rings. The molecule has 2 atom stereocenters. The van der Waals surface area contributed by atoms with Gasteiger partial charge in [-0.05, 0) is 117 Å². The van der Waals surface area contributed by atoms with E-state index < -0.39 is 0 Å². The van der Waals surface area contributed by atoms with Crippen LogP contribution in [0.1, 0.15) is 11.5 Å². The van der Waals surface area contributed by atoms with Gasteiger partial charge in [-0.3, -0.25) is 0 Å². The van der Waals surface area contributed by atoms with E-state index in [1.165, 1.54) is 52.7 Å². The van der Waals surface area contributed by atoms with Gasteiger partial charge in [-0.1, -0.05) is 66.8 Å². The second kappa shape index (κ2) is 10.0. The van der Waals surface area contributed by atoms with E-state index in [4.69, 9.17) is 8.83 Å². The summed E-state index contributed by atoms with van der Waals surface area (Å²) in [6, 6.07) is 44.5. The smallest absolute Gasteiger partial charge is 0.136 e. The summed E-state index contributed by atoms with van der Waals surface area (Å²) in [6.07, 6.45) is 9.01. The Bertz CT molecular complexity index is 3150. The Hall–Kier alpha value is -5.55. The zero-order valence-electron chi connectivity index (χ0n) is 26.6. The number of furan rings is 2. The minimum atomic E-state index is 0.448. The standard InChI is InChI=1S/C46H26O2S2/c1-3-7-43-33(5-1)37-17-25(11-15-45(37)49-43)27-9-13-31-35-19-29-20-36-32-14-10-28(26-12-16-46-38(18-26)34-6-2-4-8-44(34)50-46)22-40(32)48-42(36)24-30(29)23-41(35)47-39(31)21-27/h1-24,33,43H. The predicted molar refractivity (Wildman–Crippen MR) is 213 cm³/mol. The van der Waals surface area contributed by atoms with Crippen molar-refractivity contribution in [2.24, 2.45) is 0 Å². The molecule has 3 aromatic heterocycles. The van der Waals surface area contributed by atoms with Crippen LogP contribution in [-0.2, 0) is 0 Å². The lowest BCUT2D eigenvalue weighted by Gasteiger charge is -2.15. The molecule has 0 saturated heterocycles. The van der Waals surface area contributed by atoms with Crippen LogP contribution in [0.15, 0.2) is 159 Å². The third-order valence-electron chi connectivity index (χ3n) is 10.8. The van der Waals surface area contributed by atoms with Crippen LogP contribution in [0, 0.1) is 0 Å². The molecule has 1 aliphatic carbocycles. The lowest BCUT2D eigenvalue weighted by atomic mass is 9.90. The van der Waals surface area contributed by atoms with Crippen LogP contribution in [0.25, 0.3) is 97.1 Å². The zero-order valence-corrected chi connectivity index (χ0v) is 28.3. The topological polar surface area (TPSA) is 26.3 Å². The first-order chi connectivity index (χ1) is 24.7. The molecule has 0 spiro atoms. The molecule has 1 aliphatic heterocycles. The number of hydrogen-bond acceptors (Lipinski definition) is 4. The molecular weight excluding hydrogens is 649 g/mol. The van der Waals surface area contributed by atoms with Gasteiger partial charge in [-0.25, -0.2) is 0 Å². The Balaban J connectivity index is 0.935. The molecule has 0 radical (unpaired) electrons. The summed E-state index contributed by atoms with van der Waals surface area (Å²) in [5, 5.41) is 9.96. The summed E-state index contributed by atoms with van der Waals surface area (Å²) in [4.78, 5) is 1.39. The highest BCUT2D eigenvalue weighted by molar-refractivity contribution is 8.00. The van der Waals surface area contributed by atoms with Gasteiger partial charge in [0.25, 0.3) is 0 Å². The molecule has 12 rings (SSSR count). The molecule has 50 heavy (non-hydrogen) atoms. The molecule has 0 N–H and O–H groups in total. The van der Waals surface area contributed by atoms with Crippen molar-refractivity contribution in [3.63, 3.8) is 0 Å². The molecule has 0 fully saturated rings. The van der Waals surface area contributed by atoms with Gasteiger partial charge in [-0.2, -0.15) is 0 Å². The molecule has 4 heteroatoms. The van der Waals surface area contributed by atoms with Crippen molar-refractivity contribution < 1.29 is 8.83 Å². The number of benzene rings is 7. The Labute approximate surface area is 294 Å². The lowest BCUT2D eigenvalue weighted by molar-refractivity contribution is 0.669. The van der Waals surface area contributed by atoms with E-state index in [1.54, 1.807) is 0 Å². The average molecular weight is 675 g/mol. The van der Waals surface area contributed by atoms with E-state index in [1.807, 2.05) is 23.1 Å². The Morgan fingerprint density at radius 2 is 1.04 bits per heavy atom. The highest BCUT2D eigenvalue weighted by Crippen LogP contribution is 2.49. The third kappa shape index (κ3) is 3.92. The van der Waals surface area contributed by atoms with E-state index in [0.717, 1.165) is 54.8 Å². The van der Waals surface area contributed by atoms with Crippen molar-refractivity contribution >= 4 is 97.9 Å². The van der Waals surface area contributed by atoms with Crippen molar-refractivity contribution in [1.29, 1.82) is 0 Å². The molecule has 0 bridgehead atoms. The van der Waals surface area contributed by atoms with Crippen molar-refractivity contribution in [1.82, 2.24) is 0 Å². The number of thiophene rings is 1. The SMILES string of the molecule is C1=CC2Sc3ccc(-c4ccc5c(c4)oc4cc6cc7oc8cc(-c9ccc%10sc%11ccccc%11c%10c9)ccc8c7cc6cc45)cc3C2C=C1. The summed E-state index contributed by atoms with van der Waals surface area (Å²) >= 11 is 3.82. The Kier molecular flexibility index (Phi) is 5.46. The fourth-order valence-corrected chi connectivity index (χ4v) is 10.7. The second-order valence-electron chi connectivity index (χ2n) is 13.6. The number of hydrogen-bond donors (Lipinski definition) is 0. The largest absolute Gasteiger partial charge is 0.456 e. The Morgan fingerprint density at radius 3 is 1.82 bits per heavy atom. The van der Waals surface area contributed by atoms with Gasteiger partial charge in [0.15, 0.2) is 0 Å². The van der Waals surface area contributed by atoms with Gasteiger partial charge < -0.3 is 8.83 Å². The highest BCUT2D eigenvalue weighted by Gasteiger charge is 2.31. The van der Waals surface area contributed by atoms with Crippen molar-refractivity contribution in [2.45, 2.75) is 16.1 Å². The number of fused-ring (bicyclic) bond motifs is 13. The number of allylic oxidation sites excluding steroid dienone is 3. The van der Waals surface area contributed by atoms with Crippen LogP contribution in [0.3, 0.4) is 0 Å². The minimum Gasteiger partial charge on any atom is -0.456 e. The van der Waals surface area contributed by atoms with Crippen molar-refractivity contribution in [2.75, 3.05) is 0 Å².